The van der Waals surface area contributed by atoms with Gasteiger partial charge in [-0.15, -0.1) is 0 Å². The highest BCUT2D eigenvalue weighted by molar-refractivity contribution is 5.95. The van der Waals surface area contributed by atoms with E-state index >= 15 is 0 Å². The van der Waals surface area contributed by atoms with Gasteiger partial charge in [-0.05, 0) is 48.5 Å². The minimum absolute atomic E-state index is 0.106. The van der Waals surface area contributed by atoms with Gasteiger partial charge in [0.1, 0.15) is 5.75 Å². The number of carbonyl (C=O) groups excluding carboxylic acids is 1. The van der Waals surface area contributed by atoms with E-state index in [-0.39, 0.29) is 12.5 Å². The molecule has 0 aliphatic rings. The number of hydrogen-bond acceptors (Lipinski definition) is 3. The summed E-state index contributed by atoms with van der Waals surface area (Å²) in [6, 6.07) is 20.6. The summed E-state index contributed by atoms with van der Waals surface area (Å²) in [7, 11) is 0. The summed E-state index contributed by atoms with van der Waals surface area (Å²) < 4.78 is 43.5. The monoisotopic (exact) mass is 386 g/mol. The lowest BCUT2D eigenvalue weighted by Gasteiger charge is -2.13. The van der Waals surface area contributed by atoms with Crippen LogP contribution in [0.1, 0.15) is 5.56 Å². The third kappa shape index (κ3) is 5.26. The van der Waals surface area contributed by atoms with Gasteiger partial charge in [-0.2, -0.15) is 13.2 Å². The standard InChI is InChI=1S/C21H17F3N2O2/c22-21(23,24)15-10-12-16(13-11-15)25-14-20(27)26-18-8-4-5-9-19(18)28-17-6-2-1-3-7-17/h1-13,25H,14H2,(H,26,27). The number of nitrogens with one attached hydrogen (secondary N) is 2. The number of halogens is 3. The molecule has 4 nitrogen and oxygen atoms in total. The SMILES string of the molecule is O=C(CNc1ccc(C(F)(F)F)cc1)Nc1ccccc1Oc1ccccc1. The first-order chi connectivity index (χ1) is 13.4. The molecule has 0 heterocycles. The molecule has 0 aliphatic heterocycles. The van der Waals surface area contributed by atoms with Crippen molar-refractivity contribution in [1.29, 1.82) is 0 Å². The third-order valence-electron chi connectivity index (χ3n) is 3.80. The molecule has 0 unspecified atom stereocenters. The second kappa shape index (κ2) is 8.47. The van der Waals surface area contributed by atoms with Crippen molar-refractivity contribution in [3.05, 3.63) is 84.4 Å². The van der Waals surface area contributed by atoms with Gasteiger partial charge in [0.15, 0.2) is 5.75 Å². The highest BCUT2D eigenvalue weighted by Gasteiger charge is 2.29. The Kier molecular flexibility index (Phi) is 5.84. The van der Waals surface area contributed by atoms with Crippen molar-refractivity contribution in [2.24, 2.45) is 0 Å². The molecule has 0 bridgehead atoms. The Morgan fingerprint density at radius 2 is 1.50 bits per heavy atom. The molecule has 1 amide bonds. The fourth-order valence-electron chi connectivity index (χ4n) is 2.43. The molecule has 0 spiro atoms. The van der Waals surface area contributed by atoms with Crippen LogP contribution in [-0.4, -0.2) is 12.5 Å². The number of benzene rings is 3. The summed E-state index contributed by atoms with van der Waals surface area (Å²) in [6.45, 7) is -0.106. The Morgan fingerprint density at radius 1 is 0.857 bits per heavy atom. The van der Waals surface area contributed by atoms with Gasteiger partial charge in [0, 0.05) is 5.69 Å². The Balaban J connectivity index is 1.59. The van der Waals surface area contributed by atoms with E-state index in [9.17, 15) is 18.0 Å². The van der Waals surface area contributed by atoms with Gasteiger partial charge >= 0.3 is 6.18 Å². The molecular formula is C21H17F3N2O2. The van der Waals surface area contributed by atoms with Crippen molar-refractivity contribution in [2.75, 3.05) is 17.2 Å². The van der Waals surface area contributed by atoms with Crippen LogP contribution >= 0.6 is 0 Å². The smallest absolute Gasteiger partial charge is 0.416 e. The largest absolute Gasteiger partial charge is 0.455 e. The molecule has 0 saturated carbocycles. The molecule has 3 rings (SSSR count). The van der Waals surface area contributed by atoms with Crippen LogP contribution in [0.3, 0.4) is 0 Å². The number of anilines is 2. The van der Waals surface area contributed by atoms with Crippen LogP contribution in [0.25, 0.3) is 0 Å². The number of ether oxygens (including phenoxy) is 1. The predicted octanol–water partition coefficient (Wildman–Crippen LogP) is 5.55. The van der Waals surface area contributed by atoms with E-state index in [4.69, 9.17) is 4.74 Å². The zero-order chi connectivity index (χ0) is 20.0. The summed E-state index contributed by atoms with van der Waals surface area (Å²) >= 11 is 0. The molecule has 2 N–H and O–H groups in total. The minimum Gasteiger partial charge on any atom is -0.455 e. The molecule has 0 aliphatic carbocycles. The summed E-state index contributed by atoms with van der Waals surface area (Å²) in [4.78, 5) is 12.2. The Bertz CT molecular complexity index is 926. The molecule has 3 aromatic rings. The van der Waals surface area contributed by atoms with E-state index in [1.165, 1.54) is 12.1 Å². The molecular weight excluding hydrogens is 369 g/mol. The topological polar surface area (TPSA) is 50.4 Å². The quantitative estimate of drug-likeness (QED) is 0.584. The van der Waals surface area contributed by atoms with Crippen LogP contribution in [-0.2, 0) is 11.0 Å². The predicted molar refractivity (Wildman–Crippen MR) is 102 cm³/mol. The van der Waals surface area contributed by atoms with Gasteiger partial charge in [-0.25, -0.2) is 0 Å². The number of alkyl halides is 3. The lowest BCUT2D eigenvalue weighted by molar-refractivity contribution is -0.137. The van der Waals surface area contributed by atoms with E-state index in [1.54, 1.807) is 36.4 Å². The number of carbonyl (C=O) groups is 1. The van der Waals surface area contributed by atoms with Crippen molar-refractivity contribution in [3.8, 4) is 11.5 Å². The fourth-order valence-corrected chi connectivity index (χ4v) is 2.43. The molecule has 0 fully saturated rings. The highest BCUT2D eigenvalue weighted by atomic mass is 19.4. The average Bonchev–Trinajstić information content (AvgIpc) is 2.68. The van der Waals surface area contributed by atoms with E-state index in [0.717, 1.165) is 12.1 Å². The second-order valence-electron chi connectivity index (χ2n) is 5.89. The maximum Gasteiger partial charge on any atom is 0.416 e. The van der Waals surface area contributed by atoms with E-state index < -0.39 is 11.7 Å². The van der Waals surface area contributed by atoms with Gasteiger partial charge in [0.2, 0.25) is 5.91 Å². The zero-order valence-corrected chi connectivity index (χ0v) is 14.7. The zero-order valence-electron chi connectivity index (χ0n) is 14.7. The van der Waals surface area contributed by atoms with Crippen molar-refractivity contribution in [1.82, 2.24) is 0 Å². The van der Waals surface area contributed by atoms with Gasteiger partial charge in [0.25, 0.3) is 0 Å². The number of para-hydroxylation sites is 3. The minimum atomic E-state index is -4.39. The van der Waals surface area contributed by atoms with E-state index in [2.05, 4.69) is 10.6 Å². The summed E-state index contributed by atoms with van der Waals surface area (Å²) in [5.41, 5.74) is 0.164. The normalized spacial score (nSPS) is 11.0. The number of amides is 1. The second-order valence-corrected chi connectivity index (χ2v) is 5.89. The molecule has 0 aromatic heterocycles. The van der Waals surface area contributed by atoms with Crippen LogP contribution < -0.4 is 15.4 Å². The van der Waals surface area contributed by atoms with Gasteiger partial charge in [-0.1, -0.05) is 30.3 Å². The molecule has 3 aromatic carbocycles. The van der Waals surface area contributed by atoms with Gasteiger partial charge in [-0.3, -0.25) is 4.79 Å². The van der Waals surface area contributed by atoms with Gasteiger partial charge < -0.3 is 15.4 Å². The summed E-state index contributed by atoms with van der Waals surface area (Å²) in [5, 5.41) is 5.52. The van der Waals surface area contributed by atoms with Crippen molar-refractivity contribution in [3.63, 3.8) is 0 Å². The van der Waals surface area contributed by atoms with Crippen LogP contribution in [0.4, 0.5) is 24.5 Å². The third-order valence-corrected chi connectivity index (χ3v) is 3.80. The maximum absolute atomic E-state index is 12.6. The summed E-state index contributed by atoms with van der Waals surface area (Å²) in [6.07, 6.45) is -4.39. The van der Waals surface area contributed by atoms with Crippen molar-refractivity contribution < 1.29 is 22.7 Å². The van der Waals surface area contributed by atoms with Crippen molar-refractivity contribution >= 4 is 17.3 Å². The van der Waals surface area contributed by atoms with Crippen LogP contribution in [0.2, 0.25) is 0 Å². The number of hydrogen-bond donors (Lipinski definition) is 2. The van der Waals surface area contributed by atoms with Crippen LogP contribution in [0.5, 0.6) is 11.5 Å². The Labute approximate surface area is 160 Å². The van der Waals surface area contributed by atoms with Crippen LogP contribution in [0, 0.1) is 0 Å². The Hall–Kier alpha value is -3.48. The lowest BCUT2D eigenvalue weighted by atomic mass is 10.2. The number of rotatable bonds is 6. The first-order valence-corrected chi connectivity index (χ1v) is 8.45. The molecule has 144 valence electrons. The fraction of sp³-hybridized carbons (Fsp3) is 0.0952. The molecule has 7 heteroatoms. The summed E-state index contributed by atoms with van der Waals surface area (Å²) in [5.74, 6) is 0.757. The van der Waals surface area contributed by atoms with Crippen LogP contribution in [0.15, 0.2) is 78.9 Å². The molecule has 0 atom stereocenters. The highest BCUT2D eigenvalue weighted by Crippen LogP contribution is 2.30. The molecule has 0 saturated heterocycles. The average molecular weight is 386 g/mol. The Morgan fingerprint density at radius 3 is 2.18 bits per heavy atom. The molecule has 0 radical (unpaired) electrons. The van der Waals surface area contributed by atoms with Crippen molar-refractivity contribution in [2.45, 2.75) is 6.18 Å². The van der Waals surface area contributed by atoms with Gasteiger partial charge in [0.05, 0.1) is 17.8 Å². The maximum atomic E-state index is 12.6. The lowest BCUT2D eigenvalue weighted by Crippen LogP contribution is -2.22. The van der Waals surface area contributed by atoms with E-state index in [0.29, 0.717) is 22.9 Å². The van der Waals surface area contributed by atoms with E-state index in [1.807, 2.05) is 18.2 Å². The first-order valence-electron chi connectivity index (χ1n) is 8.45. The first kappa shape index (κ1) is 19.3. The molecule has 28 heavy (non-hydrogen) atoms.